The highest BCUT2D eigenvalue weighted by atomic mass is 32.1. The Balaban J connectivity index is 1.39. The number of amides is 1. The maximum atomic E-state index is 12.1. The Kier molecular flexibility index (Phi) is 6.79. The maximum absolute atomic E-state index is 12.1. The zero-order chi connectivity index (χ0) is 19.2. The molecule has 1 unspecified atom stereocenters. The average molecular weight is 390 g/mol. The molecule has 1 aliphatic rings. The summed E-state index contributed by atoms with van der Waals surface area (Å²) in [6.45, 7) is 7.74. The summed E-state index contributed by atoms with van der Waals surface area (Å²) in [4.78, 5) is 12.1. The molecule has 7 heteroatoms. The first-order valence-electron chi connectivity index (χ1n) is 9.51. The van der Waals surface area contributed by atoms with Crippen molar-refractivity contribution in [2.75, 3.05) is 18.5 Å². The minimum absolute atomic E-state index is 0.0343. The highest BCUT2D eigenvalue weighted by Gasteiger charge is 2.22. The predicted octanol–water partition coefficient (Wildman–Crippen LogP) is 4.62. The lowest BCUT2D eigenvalue weighted by atomic mass is 9.98. The van der Waals surface area contributed by atoms with Crippen LogP contribution in [0.1, 0.15) is 67.7 Å². The van der Waals surface area contributed by atoms with E-state index < -0.39 is 0 Å². The molecule has 1 aliphatic heterocycles. The number of aromatic nitrogens is 2. The highest BCUT2D eigenvalue weighted by molar-refractivity contribution is 7.15. The number of nitrogens with one attached hydrogen (secondary N) is 1. The van der Waals surface area contributed by atoms with Crippen LogP contribution in [0.5, 0.6) is 5.75 Å². The molecule has 0 spiro atoms. The fourth-order valence-electron chi connectivity index (χ4n) is 3.18. The maximum Gasteiger partial charge on any atom is 0.226 e. The molecule has 0 bridgehead atoms. The number of benzene rings is 1. The van der Waals surface area contributed by atoms with E-state index in [4.69, 9.17) is 9.47 Å². The standard InChI is InChI=1S/C20H27N3O3S/c1-13(2)16-9-8-15(12-14(16)3)25-10-5-7-18(24)21-20-23-22-19(27-20)17-6-4-11-26-17/h8-9,12-13,17H,4-7,10-11H2,1-3H3,(H,21,23,24). The molecule has 0 radical (unpaired) electrons. The van der Waals surface area contributed by atoms with Gasteiger partial charge in [0.2, 0.25) is 11.0 Å². The summed E-state index contributed by atoms with van der Waals surface area (Å²) in [5.74, 6) is 1.28. The summed E-state index contributed by atoms with van der Waals surface area (Å²) in [7, 11) is 0. The van der Waals surface area contributed by atoms with Gasteiger partial charge in [-0.1, -0.05) is 31.3 Å². The van der Waals surface area contributed by atoms with Gasteiger partial charge in [-0.05, 0) is 55.4 Å². The van der Waals surface area contributed by atoms with Crippen LogP contribution in [0.25, 0.3) is 0 Å². The monoisotopic (exact) mass is 389 g/mol. The Labute approximate surface area is 164 Å². The topological polar surface area (TPSA) is 73.3 Å². The average Bonchev–Trinajstić information content (AvgIpc) is 3.30. The van der Waals surface area contributed by atoms with E-state index in [9.17, 15) is 4.79 Å². The number of rotatable bonds is 8. The molecule has 1 saturated heterocycles. The van der Waals surface area contributed by atoms with Crippen molar-refractivity contribution in [2.45, 2.75) is 58.5 Å². The van der Waals surface area contributed by atoms with Crippen molar-refractivity contribution < 1.29 is 14.3 Å². The summed E-state index contributed by atoms with van der Waals surface area (Å²) in [5.41, 5.74) is 2.57. The van der Waals surface area contributed by atoms with Crippen LogP contribution in [0.4, 0.5) is 5.13 Å². The molecule has 2 heterocycles. The molecule has 1 N–H and O–H groups in total. The second-order valence-corrected chi connectivity index (χ2v) is 8.13. The fraction of sp³-hybridized carbons (Fsp3) is 0.550. The molecule has 1 aromatic heterocycles. The summed E-state index contributed by atoms with van der Waals surface area (Å²) in [6.07, 6.45) is 3.09. The quantitative estimate of drug-likeness (QED) is 0.667. The lowest BCUT2D eigenvalue weighted by molar-refractivity contribution is -0.116. The second-order valence-electron chi connectivity index (χ2n) is 7.12. The van der Waals surface area contributed by atoms with Gasteiger partial charge < -0.3 is 14.8 Å². The summed E-state index contributed by atoms with van der Waals surface area (Å²) < 4.78 is 11.4. The number of anilines is 1. The molecule has 3 rings (SSSR count). The van der Waals surface area contributed by atoms with E-state index in [2.05, 4.69) is 48.4 Å². The van der Waals surface area contributed by atoms with Crippen LogP contribution in [0.15, 0.2) is 18.2 Å². The van der Waals surface area contributed by atoms with Crippen molar-refractivity contribution in [1.29, 1.82) is 0 Å². The van der Waals surface area contributed by atoms with Crippen molar-refractivity contribution in [3.05, 3.63) is 34.3 Å². The van der Waals surface area contributed by atoms with Crippen LogP contribution in [0.3, 0.4) is 0 Å². The molecule has 146 valence electrons. The molecule has 6 nitrogen and oxygen atoms in total. The lowest BCUT2D eigenvalue weighted by Crippen LogP contribution is -2.12. The zero-order valence-electron chi connectivity index (χ0n) is 16.2. The first kappa shape index (κ1) is 19.8. The third kappa shape index (κ3) is 5.49. The largest absolute Gasteiger partial charge is 0.494 e. The first-order chi connectivity index (χ1) is 13.0. The van der Waals surface area contributed by atoms with E-state index in [0.717, 1.165) is 30.2 Å². The van der Waals surface area contributed by atoms with Crippen LogP contribution in [0.2, 0.25) is 0 Å². The number of carbonyl (C=O) groups excluding carboxylic acids is 1. The predicted molar refractivity (Wildman–Crippen MR) is 106 cm³/mol. The third-order valence-corrected chi connectivity index (χ3v) is 5.50. The molecule has 2 aromatic rings. The second kappa shape index (κ2) is 9.28. The molecule has 27 heavy (non-hydrogen) atoms. The number of hydrogen-bond donors (Lipinski definition) is 1. The van der Waals surface area contributed by atoms with Crippen molar-refractivity contribution in [2.24, 2.45) is 0 Å². The van der Waals surface area contributed by atoms with E-state index in [-0.39, 0.29) is 12.0 Å². The van der Waals surface area contributed by atoms with E-state index in [1.54, 1.807) is 0 Å². The molecular formula is C20H27N3O3S. The summed E-state index contributed by atoms with van der Waals surface area (Å²) in [6, 6.07) is 6.17. The molecular weight excluding hydrogens is 362 g/mol. The van der Waals surface area contributed by atoms with Crippen LogP contribution in [-0.4, -0.2) is 29.3 Å². The molecule has 0 aliphatic carbocycles. The molecule has 1 aromatic carbocycles. The van der Waals surface area contributed by atoms with E-state index in [1.165, 1.54) is 22.5 Å². The Morgan fingerprint density at radius 1 is 1.41 bits per heavy atom. The first-order valence-corrected chi connectivity index (χ1v) is 10.3. The summed E-state index contributed by atoms with van der Waals surface area (Å²) in [5, 5.41) is 12.3. The van der Waals surface area contributed by atoms with Crippen LogP contribution >= 0.6 is 11.3 Å². The fourth-order valence-corrected chi connectivity index (χ4v) is 4.02. The van der Waals surface area contributed by atoms with Crippen LogP contribution in [0, 0.1) is 6.92 Å². The normalized spacial score (nSPS) is 16.7. The van der Waals surface area contributed by atoms with Gasteiger partial charge in [0.1, 0.15) is 16.9 Å². The zero-order valence-corrected chi connectivity index (χ0v) is 17.0. The van der Waals surface area contributed by atoms with Crippen LogP contribution in [-0.2, 0) is 9.53 Å². The Hall–Kier alpha value is -1.99. The van der Waals surface area contributed by atoms with E-state index in [1.807, 2.05) is 6.07 Å². The third-order valence-electron chi connectivity index (χ3n) is 4.57. The van der Waals surface area contributed by atoms with Gasteiger partial charge in [-0.25, -0.2) is 0 Å². The van der Waals surface area contributed by atoms with E-state index >= 15 is 0 Å². The van der Waals surface area contributed by atoms with Crippen molar-refractivity contribution in [3.63, 3.8) is 0 Å². The number of ether oxygens (including phenoxy) is 2. The van der Waals surface area contributed by atoms with Gasteiger partial charge in [0, 0.05) is 13.0 Å². The lowest BCUT2D eigenvalue weighted by Gasteiger charge is -2.12. The number of aryl methyl sites for hydroxylation is 1. The summed E-state index contributed by atoms with van der Waals surface area (Å²) >= 11 is 1.39. The Morgan fingerprint density at radius 2 is 2.26 bits per heavy atom. The minimum Gasteiger partial charge on any atom is -0.494 e. The van der Waals surface area contributed by atoms with Gasteiger partial charge in [-0.2, -0.15) is 0 Å². The van der Waals surface area contributed by atoms with Gasteiger partial charge in [0.15, 0.2) is 0 Å². The van der Waals surface area contributed by atoms with Crippen molar-refractivity contribution in [3.8, 4) is 5.75 Å². The molecule has 1 atom stereocenters. The van der Waals surface area contributed by atoms with E-state index in [0.29, 0.717) is 30.5 Å². The SMILES string of the molecule is Cc1cc(OCCCC(=O)Nc2nnc(C3CCCO3)s2)ccc1C(C)C. The molecule has 1 fully saturated rings. The smallest absolute Gasteiger partial charge is 0.226 e. The van der Waals surface area contributed by atoms with Crippen molar-refractivity contribution in [1.82, 2.24) is 10.2 Å². The molecule has 0 saturated carbocycles. The van der Waals surface area contributed by atoms with Gasteiger partial charge in [-0.15, -0.1) is 10.2 Å². The van der Waals surface area contributed by atoms with Crippen molar-refractivity contribution >= 4 is 22.4 Å². The van der Waals surface area contributed by atoms with Gasteiger partial charge in [0.25, 0.3) is 0 Å². The van der Waals surface area contributed by atoms with Gasteiger partial charge >= 0.3 is 0 Å². The number of carbonyl (C=O) groups is 1. The Morgan fingerprint density at radius 3 is 2.96 bits per heavy atom. The highest BCUT2D eigenvalue weighted by Crippen LogP contribution is 2.31. The van der Waals surface area contributed by atoms with Crippen LogP contribution < -0.4 is 10.1 Å². The Bertz CT molecular complexity index is 770. The number of hydrogen-bond acceptors (Lipinski definition) is 6. The van der Waals surface area contributed by atoms with Gasteiger partial charge in [-0.3, -0.25) is 4.79 Å². The molecule has 1 amide bonds. The van der Waals surface area contributed by atoms with Gasteiger partial charge in [0.05, 0.1) is 6.61 Å². The number of nitrogens with zero attached hydrogens (tertiary/aromatic N) is 2. The minimum atomic E-state index is -0.0695.